The summed E-state index contributed by atoms with van der Waals surface area (Å²) < 4.78 is 0. The smallest absolute Gasteiger partial charge is 0.253 e. The van der Waals surface area contributed by atoms with Crippen LogP contribution in [0.5, 0.6) is 0 Å². The molecule has 1 aliphatic rings. The highest BCUT2D eigenvalue weighted by molar-refractivity contribution is 7.80. The summed E-state index contributed by atoms with van der Waals surface area (Å²) in [5.41, 5.74) is 3.55. The SMILES string of the molecule is Cc1ccc2[nH]c(=O)c(CN(C(=S)Nc3cccc(Cl)c3)C3CCCC3)cc2c1. The van der Waals surface area contributed by atoms with Gasteiger partial charge in [-0.2, -0.15) is 0 Å². The zero-order valence-electron chi connectivity index (χ0n) is 16.4. The van der Waals surface area contributed by atoms with E-state index in [-0.39, 0.29) is 5.56 Å². The lowest BCUT2D eigenvalue weighted by atomic mass is 10.1. The van der Waals surface area contributed by atoms with Crippen LogP contribution in [0.15, 0.2) is 53.3 Å². The number of thiocarbonyl (C=S) groups is 1. The Kier molecular flexibility index (Phi) is 5.88. The molecule has 1 aliphatic carbocycles. The number of nitrogens with one attached hydrogen (secondary N) is 2. The van der Waals surface area contributed by atoms with E-state index >= 15 is 0 Å². The topological polar surface area (TPSA) is 48.1 Å². The molecular formula is C23H24ClN3OS. The van der Waals surface area contributed by atoms with Gasteiger partial charge in [-0.15, -0.1) is 0 Å². The van der Waals surface area contributed by atoms with E-state index < -0.39 is 0 Å². The van der Waals surface area contributed by atoms with Gasteiger partial charge in [0.25, 0.3) is 5.56 Å². The largest absolute Gasteiger partial charge is 0.342 e. The van der Waals surface area contributed by atoms with Crippen LogP contribution in [0.25, 0.3) is 10.9 Å². The number of anilines is 1. The van der Waals surface area contributed by atoms with E-state index in [0.717, 1.165) is 35.0 Å². The first-order valence-corrected chi connectivity index (χ1v) is 10.7. The summed E-state index contributed by atoms with van der Waals surface area (Å²) in [4.78, 5) is 17.9. The monoisotopic (exact) mass is 425 g/mol. The standard InChI is InChI=1S/C23H24ClN3OS/c1-15-9-10-21-16(11-15)12-17(22(28)26-21)14-27(20-7-2-3-8-20)23(29)25-19-6-4-5-18(24)13-19/h4-6,9-13,20H,2-3,7-8,14H2,1H3,(H,25,29)(H,26,28). The van der Waals surface area contributed by atoms with Crippen molar-refractivity contribution in [2.24, 2.45) is 0 Å². The summed E-state index contributed by atoms with van der Waals surface area (Å²) in [5.74, 6) is 0. The van der Waals surface area contributed by atoms with Gasteiger partial charge in [-0.1, -0.05) is 42.1 Å². The van der Waals surface area contributed by atoms with Crippen LogP contribution in [0, 0.1) is 6.92 Å². The molecule has 0 radical (unpaired) electrons. The van der Waals surface area contributed by atoms with Gasteiger partial charge in [-0.3, -0.25) is 4.79 Å². The van der Waals surface area contributed by atoms with Crippen LogP contribution < -0.4 is 10.9 Å². The second-order valence-corrected chi connectivity index (χ2v) is 8.54. The Labute approximate surface area is 180 Å². The van der Waals surface area contributed by atoms with Crippen molar-refractivity contribution < 1.29 is 0 Å². The van der Waals surface area contributed by atoms with Crippen LogP contribution in [0.1, 0.15) is 36.8 Å². The fraction of sp³-hybridized carbons (Fsp3) is 0.304. The van der Waals surface area contributed by atoms with Gasteiger partial charge in [-0.05, 0) is 73.8 Å². The van der Waals surface area contributed by atoms with Crippen LogP contribution in [0.4, 0.5) is 5.69 Å². The number of aromatic amines is 1. The molecular weight excluding hydrogens is 402 g/mol. The molecule has 0 atom stereocenters. The maximum absolute atomic E-state index is 12.7. The highest BCUT2D eigenvalue weighted by atomic mass is 35.5. The van der Waals surface area contributed by atoms with Crippen LogP contribution in [0.2, 0.25) is 5.02 Å². The third-order valence-electron chi connectivity index (χ3n) is 5.52. The Morgan fingerprint density at radius 1 is 1.21 bits per heavy atom. The molecule has 0 spiro atoms. The van der Waals surface area contributed by atoms with Crippen molar-refractivity contribution in [1.29, 1.82) is 0 Å². The molecule has 0 amide bonds. The van der Waals surface area contributed by atoms with Crippen LogP contribution in [0.3, 0.4) is 0 Å². The third-order valence-corrected chi connectivity index (χ3v) is 6.09. The highest BCUT2D eigenvalue weighted by Crippen LogP contribution is 2.26. The number of H-pyrrole nitrogens is 1. The number of rotatable bonds is 4. The molecule has 0 unspecified atom stereocenters. The summed E-state index contributed by atoms with van der Waals surface area (Å²) in [5, 5.41) is 5.63. The summed E-state index contributed by atoms with van der Waals surface area (Å²) in [6.45, 7) is 2.54. The lowest BCUT2D eigenvalue weighted by molar-refractivity contribution is 0.311. The average molecular weight is 426 g/mol. The van der Waals surface area contributed by atoms with Gasteiger partial charge in [0.1, 0.15) is 0 Å². The second kappa shape index (κ2) is 8.56. The molecule has 0 bridgehead atoms. The minimum absolute atomic E-state index is 0.0603. The predicted octanol–water partition coefficient (Wildman–Crippen LogP) is 5.63. The zero-order valence-corrected chi connectivity index (χ0v) is 17.9. The molecule has 2 aromatic carbocycles. The van der Waals surface area contributed by atoms with Gasteiger partial charge in [0.05, 0.1) is 6.54 Å². The van der Waals surface area contributed by atoms with Gasteiger partial charge < -0.3 is 15.2 Å². The van der Waals surface area contributed by atoms with Crippen molar-refractivity contribution in [3.63, 3.8) is 0 Å². The fourth-order valence-electron chi connectivity index (χ4n) is 4.02. The number of fused-ring (bicyclic) bond motifs is 1. The summed E-state index contributed by atoms with van der Waals surface area (Å²) in [6.07, 6.45) is 4.55. The average Bonchev–Trinajstić information content (AvgIpc) is 3.21. The highest BCUT2D eigenvalue weighted by Gasteiger charge is 2.25. The van der Waals surface area contributed by atoms with Crippen LogP contribution in [-0.4, -0.2) is 21.0 Å². The Morgan fingerprint density at radius 2 is 2.00 bits per heavy atom. The maximum atomic E-state index is 12.7. The first kappa shape index (κ1) is 19.9. The molecule has 150 valence electrons. The Bertz CT molecular complexity index is 1100. The van der Waals surface area contributed by atoms with Gasteiger partial charge in [-0.25, -0.2) is 0 Å². The molecule has 4 rings (SSSR count). The lowest BCUT2D eigenvalue weighted by Crippen LogP contribution is -2.42. The Morgan fingerprint density at radius 3 is 2.76 bits per heavy atom. The van der Waals surface area contributed by atoms with Gasteiger partial charge in [0, 0.05) is 27.8 Å². The number of halogens is 1. The number of nitrogens with zero attached hydrogens (tertiary/aromatic N) is 1. The lowest BCUT2D eigenvalue weighted by Gasteiger charge is -2.31. The number of pyridine rings is 1. The van der Waals surface area contributed by atoms with Crippen molar-refractivity contribution in [2.45, 2.75) is 45.2 Å². The van der Waals surface area contributed by atoms with Gasteiger partial charge in [0.15, 0.2) is 5.11 Å². The second-order valence-electron chi connectivity index (χ2n) is 7.72. The number of aryl methyl sites for hydroxylation is 1. The number of hydrogen-bond acceptors (Lipinski definition) is 2. The molecule has 6 heteroatoms. The van der Waals surface area contributed by atoms with Crippen molar-refractivity contribution in [3.8, 4) is 0 Å². The summed E-state index contributed by atoms with van der Waals surface area (Å²) in [6, 6.07) is 15.9. The minimum atomic E-state index is -0.0603. The normalized spacial score (nSPS) is 14.3. The van der Waals surface area contributed by atoms with Gasteiger partial charge >= 0.3 is 0 Å². The quantitative estimate of drug-likeness (QED) is 0.531. The summed E-state index contributed by atoms with van der Waals surface area (Å²) in [7, 11) is 0. The molecule has 0 saturated heterocycles. The van der Waals surface area contributed by atoms with E-state index in [2.05, 4.69) is 28.2 Å². The molecule has 1 aromatic heterocycles. The van der Waals surface area contributed by atoms with Crippen molar-refractivity contribution in [3.05, 3.63) is 75.0 Å². The van der Waals surface area contributed by atoms with E-state index in [1.54, 1.807) is 0 Å². The third kappa shape index (κ3) is 4.62. The van der Waals surface area contributed by atoms with Gasteiger partial charge in [0.2, 0.25) is 0 Å². The predicted molar refractivity (Wildman–Crippen MR) is 125 cm³/mol. The van der Waals surface area contributed by atoms with Crippen molar-refractivity contribution in [1.82, 2.24) is 9.88 Å². The van der Waals surface area contributed by atoms with Crippen LogP contribution >= 0.6 is 23.8 Å². The Balaban J connectivity index is 1.63. The van der Waals surface area contributed by atoms with E-state index in [4.69, 9.17) is 23.8 Å². The molecule has 29 heavy (non-hydrogen) atoms. The molecule has 1 saturated carbocycles. The number of hydrogen-bond donors (Lipinski definition) is 2. The van der Waals surface area contributed by atoms with Crippen LogP contribution in [-0.2, 0) is 6.54 Å². The zero-order chi connectivity index (χ0) is 20.4. The molecule has 2 N–H and O–H groups in total. The number of benzene rings is 2. The fourth-order valence-corrected chi connectivity index (χ4v) is 4.54. The van der Waals surface area contributed by atoms with Crippen molar-refractivity contribution >= 4 is 45.5 Å². The molecule has 4 nitrogen and oxygen atoms in total. The summed E-state index contributed by atoms with van der Waals surface area (Å²) >= 11 is 11.9. The minimum Gasteiger partial charge on any atom is -0.342 e. The first-order valence-electron chi connectivity index (χ1n) is 9.95. The number of aromatic nitrogens is 1. The van der Waals surface area contributed by atoms with Crippen molar-refractivity contribution in [2.75, 3.05) is 5.32 Å². The van der Waals surface area contributed by atoms with E-state index in [1.807, 2.05) is 42.5 Å². The molecule has 1 fully saturated rings. The van der Waals surface area contributed by atoms with E-state index in [9.17, 15) is 4.79 Å². The van der Waals surface area contributed by atoms with E-state index in [0.29, 0.717) is 22.7 Å². The molecule has 1 heterocycles. The van der Waals surface area contributed by atoms with E-state index in [1.165, 1.54) is 18.4 Å². The molecule has 0 aliphatic heterocycles. The molecule has 3 aromatic rings. The maximum Gasteiger partial charge on any atom is 0.253 e. The first-order chi connectivity index (χ1) is 14.0. The Hall–Kier alpha value is -2.37.